The van der Waals surface area contributed by atoms with Crippen LogP contribution in [0.3, 0.4) is 0 Å². The quantitative estimate of drug-likeness (QED) is 0.427. The molecule has 0 aromatic heterocycles. The van der Waals surface area contributed by atoms with Gasteiger partial charge in [0.05, 0.1) is 6.04 Å². The number of nitrogens with two attached hydrogens (primary N) is 1. The van der Waals surface area contributed by atoms with E-state index >= 15 is 0 Å². The third kappa shape index (κ3) is 12.6. The van der Waals surface area contributed by atoms with Gasteiger partial charge in [-0.2, -0.15) is 13.2 Å². The van der Waals surface area contributed by atoms with Crippen LogP contribution >= 0.6 is 0 Å². The number of benzene rings is 1. The third-order valence-electron chi connectivity index (χ3n) is 4.62. The van der Waals surface area contributed by atoms with Crippen molar-refractivity contribution in [3.8, 4) is 0 Å². The van der Waals surface area contributed by atoms with Crippen molar-refractivity contribution < 1.29 is 37.4 Å². The number of alkyl halides is 3. The van der Waals surface area contributed by atoms with Crippen molar-refractivity contribution in [3.05, 3.63) is 48.0 Å². The van der Waals surface area contributed by atoms with E-state index in [2.05, 4.69) is 10.6 Å². The molecule has 0 aliphatic carbocycles. The monoisotopic (exact) mass is 473 g/mol. The molecular formula is C22H30F3N3O5. The zero-order valence-electron chi connectivity index (χ0n) is 18.3. The molecule has 0 spiro atoms. The van der Waals surface area contributed by atoms with E-state index in [1.165, 1.54) is 11.6 Å². The number of carboxylic acid groups (broad SMARTS) is 1. The molecule has 0 bridgehead atoms. The fourth-order valence-corrected chi connectivity index (χ4v) is 2.79. The normalized spacial score (nSPS) is 16.3. The van der Waals surface area contributed by atoms with Gasteiger partial charge in [-0.1, -0.05) is 36.4 Å². The van der Waals surface area contributed by atoms with Gasteiger partial charge in [-0.25, -0.2) is 4.79 Å². The molecule has 1 aromatic carbocycles. The first-order chi connectivity index (χ1) is 15.5. The van der Waals surface area contributed by atoms with Crippen molar-refractivity contribution in [1.29, 1.82) is 0 Å². The molecule has 1 aliphatic rings. The molecule has 184 valence electrons. The highest BCUT2D eigenvalue weighted by Crippen LogP contribution is 2.13. The number of rotatable bonds is 8. The summed E-state index contributed by atoms with van der Waals surface area (Å²) in [5.41, 5.74) is 6.83. The number of aryl methyl sites for hydroxylation is 1. The van der Waals surface area contributed by atoms with E-state index in [9.17, 15) is 22.8 Å². The Labute approximate surface area is 190 Å². The molecule has 1 aliphatic heterocycles. The second-order valence-corrected chi connectivity index (χ2v) is 7.49. The Kier molecular flexibility index (Phi) is 12.2. The van der Waals surface area contributed by atoms with Crippen LogP contribution in [0.1, 0.15) is 31.7 Å². The summed E-state index contributed by atoms with van der Waals surface area (Å²) in [7, 11) is 0. The lowest BCUT2D eigenvalue weighted by molar-refractivity contribution is -0.192. The van der Waals surface area contributed by atoms with Crippen LogP contribution < -0.4 is 16.4 Å². The Bertz CT molecular complexity index is 779. The predicted molar refractivity (Wildman–Crippen MR) is 115 cm³/mol. The minimum absolute atomic E-state index is 0.142. The van der Waals surface area contributed by atoms with E-state index in [0.717, 1.165) is 19.3 Å². The molecule has 1 fully saturated rings. The Morgan fingerprint density at radius 1 is 1.21 bits per heavy atom. The van der Waals surface area contributed by atoms with E-state index in [1.54, 1.807) is 13.0 Å². The Balaban J connectivity index is 0.000000675. The molecule has 2 rings (SSSR count). The second-order valence-electron chi connectivity index (χ2n) is 7.49. The van der Waals surface area contributed by atoms with E-state index in [0.29, 0.717) is 19.6 Å². The summed E-state index contributed by atoms with van der Waals surface area (Å²) in [5.74, 6) is -3.12. The number of carbonyl (C=O) groups excluding carboxylic acids is 2. The average molecular weight is 473 g/mol. The summed E-state index contributed by atoms with van der Waals surface area (Å²) < 4.78 is 37.0. The topological polar surface area (TPSA) is 131 Å². The molecular weight excluding hydrogens is 443 g/mol. The van der Waals surface area contributed by atoms with Gasteiger partial charge in [0.1, 0.15) is 0 Å². The first-order valence-electron chi connectivity index (χ1n) is 10.5. The van der Waals surface area contributed by atoms with Crippen molar-refractivity contribution in [2.75, 3.05) is 13.2 Å². The number of carbonyl (C=O) groups is 3. The maximum absolute atomic E-state index is 12.1. The largest absolute Gasteiger partial charge is 0.490 e. The molecule has 1 aromatic rings. The van der Waals surface area contributed by atoms with Crippen LogP contribution in [0.25, 0.3) is 0 Å². The molecule has 1 saturated heterocycles. The van der Waals surface area contributed by atoms with Gasteiger partial charge in [0.25, 0.3) is 0 Å². The third-order valence-corrected chi connectivity index (χ3v) is 4.62. The van der Waals surface area contributed by atoms with Gasteiger partial charge in [-0.3, -0.25) is 9.59 Å². The number of aliphatic carboxylic acids is 1. The molecule has 2 atom stereocenters. The van der Waals surface area contributed by atoms with Gasteiger partial charge in [-0.15, -0.1) is 0 Å². The molecule has 0 unspecified atom stereocenters. The molecule has 1 heterocycles. The van der Waals surface area contributed by atoms with Crippen molar-refractivity contribution in [2.24, 2.45) is 5.73 Å². The lowest BCUT2D eigenvalue weighted by Gasteiger charge is -2.22. The van der Waals surface area contributed by atoms with Gasteiger partial charge in [0, 0.05) is 31.4 Å². The molecule has 0 saturated carbocycles. The number of amides is 2. The highest BCUT2D eigenvalue weighted by Gasteiger charge is 2.38. The number of halogens is 3. The van der Waals surface area contributed by atoms with Gasteiger partial charge >= 0.3 is 12.1 Å². The van der Waals surface area contributed by atoms with Gasteiger partial charge < -0.3 is 26.2 Å². The Morgan fingerprint density at radius 3 is 2.30 bits per heavy atom. The summed E-state index contributed by atoms with van der Waals surface area (Å²) in [6.45, 7) is 3.00. The summed E-state index contributed by atoms with van der Waals surface area (Å²) in [6.07, 6.45) is 1.33. The molecule has 33 heavy (non-hydrogen) atoms. The highest BCUT2D eigenvalue weighted by atomic mass is 19.4. The van der Waals surface area contributed by atoms with E-state index in [1.807, 2.05) is 30.3 Å². The molecule has 5 N–H and O–H groups in total. The van der Waals surface area contributed by atoms with E-state index < -0.39 is 18.2 Å². The highest BCUT2D eigenvalue weighted by molar-refractivity contribution is 5.88. The summed E-state index contributed by atoms with van der Waals surface area (Å²) >= 11 is 0. The van der Waals surface area contributed by atoms with Crippen molar-refractivity contribution in [3.63, 3.8) is 0 Å². The fourth-order valence-electron chi connectivity index (χ4n) is 2.79. The minimum atomic E-state index is -5.08. The first-order valence-corrected chi connectivity index (χ1v) is 10.5. The van der Waals surface area contributed by atoms with Gasteiger partial charge in [0.2, 0.25) is 11.8 Å². The average Bonchev–Trinajstić information content (AvgIpc) is 2.76. The fraction of sp³-hybridized carbons (Fsp3) is 0.500. The number of ether oxygens (including phenoxy) is 1. The maximum Gasteiger partial charge on any atom is 0.490 e. The zero-order valence-corrected chi connectivity index (χ0v) is 18.3. The molecule has 2 amide bonds. The van der Waals surface area contributed by atoms with E-state index in [4.69, 9.17) is 20.4 Å². The van der Waals surface area contributed by atoms with Crippen LogP contribution in [0.15, 0.2) is 42.5 Å². The predicted octanol–water partition coefficient (Wildman–Crippen LogP) is 1.94. The smallest absolute Gasteiger partial charge is 0.475 e. The second kappa shape index (κ2) is 14.3. The summed E-state index contributed by atoms with van der Waals surface area (Å²) in [5, 5.41) is 13.0. The molecule has 11 heteroatoms. The van der Waals surface area contributed by atoms with Gasteiger partial charge in [0.15, 0.2) is 0 Å². The molecule has 8 nitrogen and oxygen atoms in total. The first kappa shape index (κ1) is 28.1. The van der Waals surface area contributed by atoms with Crippen LogP contribution in [0.2, 0.25) is 0 Å². The Hall–Kier alpha value is -2.92. The Morgan fingerprint density at radius 2 is 1.79 bits per heavy atom. The van der Waals surface area contributed by atoms with Crippen LogP contribution in [-0.4, -0.2) is 60.4 Å². The number of hydrogen-bond donors (Lipinski definition) is 4. The number of nitrogens with one attached hydrogen (secondary N) is 2. The summed E-state index contributed by atoms with van der Waals surface area (Å²) in [4.78, 5) is 33.0. The standard InChI is InChI=1S/C20H29N3O3.C2HF3O2/c1-15(21)20(25)23-17(8-7-16-5-3-2-4-6-16)9-10-19(24)22-18-11-13-26-14-12-18;3-2(4,5)1(6)7/h2-6,9-10,15,17-18H,7-8,11-14,21H2,1H3,(H,22,24)(H,23,25);(H,6,7)/b10-9+;/t15-,17-;/m0./s1. The minimum Gasteiger partial charge on any atom is -0.475 e. The van der Waals surface area contributed by atoms with Gasteiger partial charge in [-0.05, 0) is 38.2 Å². The number of carboxylic acids is 1. The van der Waals surface area contributed by atoms with Crippen LogP contribution in [-0.2, 0) is 25.5 Å². The lowest BCUT2D eigenvalue weighted by atomic mass is 10.0. The van der Waals surface area contributed by atoms with Crippen LogP contribution in [0.5, 0.6) is 0 Å². The van der Waals surface area contributed by atoms with E-state index in [-0.39, 0.29) is 23.9 Å². The molecule has 0 radical (unpaired) electrons. The summed E-state index contributed by atoms with van der Waals surface area (Å²) in [6, 6.07) is 9.37. The van der Waals surface area contributed by atoms with Crippen molar-refractivity contribution >= 4 is 17.8 Å². The van der Waals surface area contributed by atoms with Crippen molar-refractivity contribution in [2.45, 2.75) is 56.9 Å². The number of hydrogen-bond acceptors (Lipinski definition) is 5. The SMILES string of the molecule is C[C@H](N)C(=O)N[C@H](/C=C/C(=O)NC1CCOCC1)CCc1ccccc1.O=C(O)C(F)(F)F. The van der Waals surface area contributed by atoms with Crippen LogP contribution in [0, 0.1) is 0 Å². The zero-order chi connectivity index (χ0) is 24.9. The lowest BCUT2D eigenvalue weighted by Crippen LogP contribution is -2.43. The van der Waals surface area contributed by atoms with Crippen LogP contribution in [0.4, 0.5) is 13.2 Å². The van der Waals surface area contributed by atoms with Crippen molar-refractivity contribution in [1.82, 2.24) is 10.6 Å². The maximum atomic E-state index is 12.1.